The minimum Gasteiger partial charge on any atom is -0.0648 e. The molecule has 1 heteroatoms. The molecule has 0 aromatic heterocycles. The van der Waals surface area contributed by atoms with E-state index < -0.39 is 0 Å². The second-order valence-corrected chi connectivity index (χ2v) is 5.11. The van der Waals surface area contributed by atoms with Crippen molar-refractivity contribution in [2.24, 2.45) is 0 Å². The van der Waals surface area contributed by atoms with E-state index in [4.69, 9.17) is 0 Å². The third-order valence-electron chi connectivity index (χ3n) is 3.41. The normalized spacial score (nSPS) is 16.8. The van der Waals surface area contributed by atoms with Crippen molar-refractivity contribution in [3.8, 4) is 0 Å². The molecule has 1 unspecified atom stereocenters. The molecule has 0 N–H and O–H groups in total. The van der Waals surface area contributed by atoms with Crippen molar-refractivity contribution < 1.29 is 0 Å². The van der Waals surface area contributed by atoms with E-state index in [0.717, 1.165) is 5.92 Å². The zero-order valence-corrected chi connectivity index (χ0v) is 10.5. The SMILES string of the molecule is CCC(C)c1ccc(Br)c2c1CCC2. The van der Waals surface area contributed by atoms with Crippen LogP contribution in [-0.2, 0) is 12.8 Å². The molecule has 0 aliphatic heterocycles. The van der Waals surface area contributed by atoms with E-state index in [1.807, 2.05) is 0 Å². The van der Waals surface area contributed by atoms with Crippen LogP contribution >= 0.6 is 15.9 Å². The fraction of sp³-hybridized carbons (Fsp3) is 0.538. The average molecular weight is 253 g/mol. The predicted molar refractivity (Wildman–Crippen MR) is 64.9 cm³/mol. The molecule has 1 atom stereocenters. The maximum atomic E-state index is 3.65. The number of halogens is 1. The molecule has 0 fully saturated rings. The monoisotopic (exact) mass is 252 g/mol. The Morgan fingerprint density at radius 1 is 1.29 bits per heavy atom. The summed E-state index contributed by atoms with van der Waals surface area (Å²) in [5.41, 5.74) is 4.79. The largest absolute Gasteiger partial charge is 0.0648 e. The molecule has 0 nitrogen and oxygen atoms in total. The highest BCUT2D eigenvalue weighted by atomic mass is 79.9. The Bertz CT molecular complexity index is 341. The lowest BCUT2D eigenvalue weighted by Crippen LogP contribution is -1.98. The lowest BCUT2D eigenvalue weighted by molar-refractivity contribution is 0.723. The first-order valence-corrected chi connectivity index (χ1v) is 6.33. The summed E-state index contributed by atoms with van der Waals surface area (Å²) in [7, 11) is 0. The summed E-state index contributed by atoms with van der Waals surface area (Å²) < 4.78 is 1.32. The van der Waals surface area contributed by atoms with Gasteiger partial charge in [-0.2, -0.15) is 0 Å². The molecule has 1 aliphatic rings. The first kappa shape index (κ1) is 10.2. The number of fused-ring (bicyclic) bond motifs is 1. The Balaban J connectivity index is 2.48. The van der Waals surface area contributed by atoms with Crippen LogP contribution in [0.1, 0.15) is 49.3 Å². The van der Waals surface area contributed by atoms with Gasteiger partial charge in [-0.15, -0.1) is 0 Å². The van der Waals surface area contributed by atoms with Gasteiger partial charge in [0.2, 0.25) is 0 Å². The van der Waals surface area contributed by atoms with E-state index in [1.165, 1.54) is 30.2 Å². The van der Waals surface area contributed by atoms with Gasteiger partial charge in [0.15, 0.2) is 0 Å². The standard InChI is InChI=1S/C13H17Br/c1-3-9(2)10-7-8-13(14)12-6-4-5-11(10)12/h7-9H,3-6H2,1-2H3. The van der Waals surface area contributed by atoms with Gasteiger partial charge in [-0.3, -0.25) is 0 Å². The van der Waals surface area contributed by atoms with Crippen molar-refractivity contribution in [3.05, 3.63) is 33.3 Å². The molecule has 0 spiro atoms. The Labute approximate surface area is 94.8 Å². The smallest absolute Gasteiger partial charge is 0.0210 e. The van der Waals surface area contributed by atoms with Crippen molar-refractivity contribution in [3.63, 3.8) is 0 Å². The fourth-order valence-electron chi connectivity index (χ4n) is 2.37. The Hall–Kier alpha value is -0.300. The molecule has 0 amide bonds. The zero-order chi connectivity index (χ0) is 10.1. The minimum absolute atomic E-state index is 0.718. The van der Waals surface area contributed by atoms with Crippen LogP contribution in [0.4, 0.5) is 0 Å². The summed E-state index contributed by atoms with van der Waals surface area (Å²) in [5.74, 6) is 0.718. The van der Waals surface area contributed by atoms with Crippen molar-refractivity contribution in [1.82, 2.24) is 0 Å². The number of rotatable bonds is 2. The van der Waals surface area contributed by atoms with Crippen LogP contribution in [-0.4, -0.2) is 0 Å². The first-order valence-electron chi connectivity index (χ1n) is 5.54. The van der Waals surface area contributed by atoms with Crippen LogP contribution in [0, 0.1) is 0 Å². The van der Waals surface area contributed by atoms with Crippen LogP contribution in [0.2, 0.25) is 0 Å². The Kier molecular flexibility index (Phi) is 2.96. The van der Waals surface area contributed by atoms with Gasteiger partial charge in [0.25, 0.3) is 0 Å². The minimum atomic E-state index is 0.718. The maximum absolute atomic E-state index is 3.65. The van der Waals surface area contributed by atoms with E-state index in [-0.39, 0.29) is 0 Å². The van der Waals surface area contributed by atoms with Gasteiger partial charge in [0.1, 0.15) is 0 Å². The molecule has 0 radical (unpaired) electrons. The number of hydrogen-bond donors (Lipinski definition) is 0. The van der Waals surface area contributed by atoms with Gasteiger partial charge in [-0.05, 0) is 54.4 Å². The molecule has 0 saturated carbocycles. The summed E-state index contributed by atoms with van der Waals surface area (Å²) in [6.07, 6.45) is 5.13. The molecule has 14 heavy (non-hydrogen) atoms. The van der Waals surface area contributed by atoms with Gasteiger partial charge in [0.05, 0.1) is 0 Å². The first-order chi connectivity index (χ1) is 6.74. The van der Waals surface area contributed by atoms with Crippen molar-refractivity contribution in [2.75, 3.05) is 0 Å². The van der Waals surface area contributed by atoms with Crippen LogP contribution < -0.4 is 0 Å². The summed E-state index contributed by atoms with van der Waals surface area (Å²) in [6, 6.07) is 4.54. The lowest BCUT2D eigenvalue weighted by Gasteiger charge is -2.15. The van der Waals surface area contributed by atoms with Gasteiger partial charge < -0.3 is 0 Å². The van der Waals surface area contributed by atoms with Gasteiger partial charge in [-0.1, -0.05) is 35.8 Å². The topological polar surface area (TPSA) is 0 Å². The second kappa shape index (κ2) is 4.06. The van der Waals surface area contributed by atoms with Crippen molar-refractivity contribution in [2.45, 2.75) is 45.4 Å². The highest BCUT2D eigenvalue weighted by molar-refractivity contribution is 9.10. The van der Waals surface area contributed by atoms with Crippen LogP contribution in [0.25, 0.3) is 0 Å². The van der Waals surface area contributed by atoms with Gasteiger partial charge >= 0.3 is 0 Å². The molecule has 1 aromatic rings. The van der Waals surface area contributed by atoms with Crippen molar-refractivity contribution >= 4 is 15.9 Å². The van der Waals surface area contributed by atoms with Crippen LogP contribution in [0.3, 0.4) is 0 Å². The van der Waals surface area contributed by atoms with E-state index in [2.05, 4.69) is 41.9 Å². The fourth-order valence-corrected chi connectivity index (χ4v) is 2.94. The highest BCUT2D eigenvalue weighted by Crippen LogP contribution is 2.35. The lowest BCUT2D eigenvalue weighted by atomic mass is 9.92. The molecular weight excluding hydrogens is 236 g/mol. The second-order valence-electron chi connectivity index (χ2n) is 4.26. The summed E-state index contributed by atoms with van der Waals surface area (Å²) >= 11 is 3.65. The maximum Gasteiger partial charge on any atom is 0.0210 e. The average Bonchev–Trinajstić information content (AvgIpc) is 2.67. The highest BCUT2D eigenvalue weighted by Gasteiger charge is 2.19. The molecule has 0 heterocycles. The molecule has 0 bridgehead atoms. The Morgan fingerprint density at radius 3 is 2.71 bits per heavy atom. The number of benzene rings is 1. The Morgan fingerprint density at radius 2 is 2.00 bits per heavy atom. The summed E-state index contributed by atoms with van der Waals surface area (Å²) in [4.78, 5) is 0. The molecule has 76 valence electrons. The van der Waals surface area contributed by atoms with Crippen LogP contribution in [0.5, 0.6) is 0 Å². The third kappa shape index (κ3) is 1.63. The quantitative estimate of drug-likeness (QED) is 0.730. The van der Waals surface area contributed by atoms with E-state index in [0.29, 0.717) is 0 Å². The predicted octanol–water partition coefficient (Wildman–Crippen LogP) is 4.45. The van der Waals surface area contributed by atoms with Crippen molar-refractivity contribution in [1.29, 1.82) is 0 Å². The molecule has 2 rings (SSSR count). The zero-order valence-electron chi connectivity index (χ0n) is 8.94. The molecule has 1 aliphatic carbocycles. The van der Waals surface area contributed by atoms with E-state index >= 15 is 0 Å². The van der Waals surface area contributed by atoms with Crippen LogP contribution in [0.15, 0.2) is 16.6 Å². The summed E-state index contributed by atoms with van der Waals surface area (Å²) in [5, 5.41) is 0. The summed E-state index contributed by atoms with van der Waals surface area (Å²) in [6.45, 7) is 4.61. The molecular formula is C13H17Br. The van der Waals surface area contributed by atoms with E-state index in [9.17, 15) is 0 Å². The number of hydrogen-bond acceptors (Lipinski definition) is 0. The molecule has 0 saturated heterocycles. The molecule has 1 aromatic carbocycles. The third-order valence-corrected chi connectivity index (χ3v) is 4.15. The van der Waals surface area contributed by atoms with E-state index in [1.54, 1.807) is 16.7 Å². The van der Waals surface area contributed by atoms with Gasteiger partial charge in [-0.25, -0.2) is 0 Å². The van der Waals surface area contributed by atoms with Gasteiger partial charge in [0, 0.05) is 4.47 Å².